The van der Waals surface area contributed by atoms with Crippen LogP contribution in [-0.2, 0) is 0 Å². The number of pyridine rings is 1. The van der Waals surface area contributed by atoms with E-state index >= 15 is 0 Å². The average Bonchev–Trinajstić information content (AvgIpc) is 2.43. The Morgan fingerprint density at radius 2 is 1.86 bits per heavy atom. The summed E-state index contributed by atoms with van der Waals surface area (Å²) in [5, 5.41) is 0. The highest BCUT2D eigenvalue weighted by Crippen LogP contribution is 2.26. The quantitative estimate of drug-likeness (QED) is 0.636. The van der Waals surface area contributed by atoms with Gasteiger partial charge in [0.25, 0.3) is 0 Å². The lowest BCUT2D eigenvalue weighted by Gasteiger charge is -2.13. The largest absolute Gasteiger partial charge is 0.477 e. The van der Waals surface area contributed by atoms with Gasteiger partial charge in [0.05, 0.1) is 6.61 Å². The topological polar surface area (TPSA) is 48.4 Å². The Morgan fingerprint density at radius 3 is 2.48 bits per heavy atom. The lowest BCUT2D eigenvalue weighted by atomic mass is 10.1. The van der Waals surface area contributed by atoms with Gasteiger partial charge in [-0.1, -0.05) is 17.7 Å². The molecule has 110 valence electrons. The van der Waals surface area contributed by atoms with Crippen molar-refractivity contribution < 1.29 is 14.3 Å². The Bertz CT molecular complexity index is 642. The Kier molecular flexibility index (Phi) is 4.58. The van der Waals surface area contributed by atoms with E-state index in [0.717, 1.165) is 16.7 Å². The molecule has 0 N–H and O–H groups in total. The molecule has 0 fully saturated rings. The van der Waals surface area contributed by atoms with Gasteiger partial charge in [0.1, 0.15) is 11.3 Å². The van der Waals surface area contributed by atoms with Gasteiger partial charge in [-0.05, 0) is 51.0 Å². The van der Waals surface area contributed by atoms with E-state index in [0.29, 0.717) is 23.8 Å². The minimum atomic E-state index is -0.457. The van der Waals surface area contributed by atoms with Crippen molar-refractivity contribution in [1.82, 2.24) is 4.98 Å². The lowest BCUT2D eigenvalue weighted by molar-refractivity contribution is 0.0727. The molecular formula is C17H19NO3. The van der Waals surface area contributed by atoms with Crippen molar-refractivity contribution in [2.75, 3.05) is 6.61 Å². The predicted molar refractivity (Wildman–Crippen MR) is 81.0 cm³/mol. The molecule has 0 aliphatic heterocycles. The molecule has 1 heterocycles. The zero-order valence-corrected chi connectivity index (χ0v) is 12.8. The third-order valence-electron chi connectivity index (χ3n) is 3.07. The first-order valence-electron chi connectivity index (χ1n) is 6.90. The summed E-state index contributed by atoms with van der Waals surface area (Å²) in [4.78, 5) is 16.4. The number of rotatable bonds is 4. The predicted octanol–water partition coefficient (Wildman–Crippen LogP) is 3.62. The Hall–Kier alpha value is -2.36. The summed E-state index contributed by atoms with van der Waals surface area (Å²) in [6, 6.07) is 7.32. The van der Waals surface area contributed by atoms with E-state index in [4.69, 9.17) is 9.47 Å². The number of carbonyl (C=O) groups is 1. The molecule has 1 aromatic carbocycles. The fraction of sp³-hybridized carbons (Fsp3) is 0.294. The maximum absolute atomic E-state index is 12.4. The van der Waals surface area contributed by atoms with Gasteiger partial charge in [-0.3, -0.25) is 0 Å². The van der Waals surface area contributed by atoms with Gasteiger partial charge in [-0.15, -0.1) is 0 Å². The first-order valence-corrected chi connectivity index (χ1v) is 6.90. The third kappa shape index (κ3) is 3.40. The van der Waals surface area contributed by atoms with Crippen LogP contribution in [-0.4, -0.2) is 17.6 Å². The number of aryl methyl sites for hydroxylation is 3. The van der Waals surface area contributed by atoms with Crippen LogP contribution in [0.3, 0.4) is 0 Å². The highest BCUT2D eigenvalue weighted by atomic mass is 16.5. The molecule has 0 radical (unpaired) electrons. The van der Waals surface area contributed by atoms with E-state index in [9.17, 15) is 4.79 Å². The minimum absolute atomic E-state index is 0.299. The van der Waals surface area contributed by atoms with Crippen molar-refractivity contribution in [2.24, 2.45) is 0 Å². The molecule has 2 aromatic rings. The van der Waals surface area contributed by atoms with Crippen molar-refractivity contribution in [3.63, 3.8) is 0 Å². The molecule has 0 saturated carbocycles. The highest BCUT2D eigenvalue weighted by Gasteiger charge is 2.17. The van der Waals surface area contributed by atoms with E-state index in [1.165, 1.54) is 0 Å². The summed E-state index contributed by atoms with van der Waals surface area (Å²) in [7, 11) is 0. The average molecular weight is 285 g/mol. The fourth-order valence-electron chi connectivity index (χ4n) is 2.27. The van der Waals surface area contributed by atoms with Crippen molar-refractivity contribution >= 4 is 5.97 Å². The van der Waals surface area contributed by atoms with Gasteiger partial charge in [-0.25, -0.2) is 9.78 Å². The molecule has 4 heteroatoms. The summed E-state index contributed by atoms with van der Waals surface area (Å²) in [6.45, 7) is 8.16. The zero-order valence-electron chi connectivity index (χ0n) is 12.8. The number of hydrogen-bond donors (Lipinski definition) is 0. The van der Waals surface area contributed by atoms with Crippen LogP contribution in [0, 0.1) is 20.8 Å². The van der Waals surface area contributed by atoms with Gasteiger partial charge < -0.3 is 9.47 Å². The number of ether oxygens (including phenoxy) is 2. The lowest BCUT2D eigenvalue weighted by Crippen LogP contribution is -2.13. The Balaban J connectivity index is 2.31. The standard InChI is InChI=1S/C17H19NO3/c1-5-20-16-14(7-6-8-18-16)17(19)21-15-12(3)9-11(2)10-13(15)4/h6-10H,5H2,1-4H3. The van der Waals surface area contributed by atoms with Gasteiger partial charge in [0.2, 0.25) is 5.88 Å². The van der Waals surface area contributed by atoms with Crippen LogP contribution in [0.5, 0.6) is 11.6 Å². The van der Waals surface area contributed by atoms with E-state index < -0.39 is 5.97 Å². The molecule has 1 aromatic heterocycles. The number of hydrogen-bond acceptors (Lipinski definition) is 4. The first-order chi connectivity index (χ1) is 10.0. The monoisotopic (exact) mass is 285 g/mol. The third-order valence-corrected chi connectivity index (χ3v) is 3.07. The maximum atomic E-state index is 12.4. The second-order valence-corrected chi connectivity index (χ2v) is 4.91. The van der Waals surface area contributed by atoms with Crippen LogP contribution in [0.4, 0.5) is 0 Å². The smallest absolute Gasteiger partial charge is 0.349 e. The van der Waals surface area contributed by atoms with Gasteiger partial charge >= 0.3 is 5.97 Å². The number of esters is 1. The molecular weight excluding hydrogens is 266 g/mol. The van der Waals surface area contributed by atoms with Gasteiger partial charge in [0, 0.05) is 6.20 Å². The number of carbonyl (C=O) groups excluding carboxylic acids is 1. The summed E-state index contributed by atoms with van der Waals surface area (Å²) in [6.07, 6.45) is 1.59. The highest BCUT2D eigenvalue weighted by molar-refractivity contribution is 5.93. The molecule has 0 saturated heterocycles. The van der Waals surface area contributed by atoms with Crippen molar-refractivity contribution in [3.8, 4) is 11.6 Å². The van der Waals surface area contributed by atoms with Crippen LogP contribution in [0.25, 0.3) is 0 Å². The molecule has 0 atom stereocenters. The molecule has 21 heavy (non-hydrogen) atoms. The Labute approximate surface area is 124 Å². The summed E-state index contributed by atoms with van der Waals surface area (Å²) in [5.41, 5.74) is 3.34. The minimum Gasteiger partial charge on any atom is -0.477 e. The number of aromatic nitrogens is 1. The van der Waals surface area contributed by atoms with Gasteiger partial charge in [0.15, 0.2) is 0 Å². The molecule has 2 rings (SSSR count). The molecule has 0 aliphatic rings. The summed E-state index contributed by atoms with van der Waals surface area (Å²) >= 11 is 0. The number of nitrogens with zero attached hydrogens (tertiary/aromatic N) is 1. The van der Waals surface area contributed by atoms with Crippen LogP contribution in [0.1, 0.15) is 34.0 Å². The fourth-order valence-corrected chi connectivity index (χ4v) is 2.27. The van der Waals surface area contributed by atoms with Crippen LogP contribution in [0.15, 0.2) is 30.5 Å². The van der Waals surface area contributed by atoms with Crippen molar-refractivity contribution in [1.29, 1.82) is 0 Å². The SMILES string of the molecule is CCOc1ncccc1C(=O)Oc1c(C)cc(C)cc1C. The second kappa shape index (κ2) is 6.39. The molecule has 0 aliphatic carbocycles. The normalized spacial score (nSPS) is 10.3. The second-order valence-electron chi connectivity index (χ2n) is 4.91. The van der Waals surface area contributed by atoms with Crippen molar-refractivity contribution in [2.45, 2.75) is 27.7 Å². The van der Waals surface area contributed by atoms with Crippen LogP contribution < -0.4 is 9.47 Å². The van der Waals surface area contributed by atoms with E-state index in [-0.39, 0.29) is 0 Å². The molecule has 0 amide bonds. The van der Waals surface area contributed by atoms with Crippen LogP contribution >= 0.6 is 0 Å². The summed E-state index contributed by atoms with van der Waals surface area (Å²) < 4.78 is 10.9. The van der Waals surface area contributed by atoms with Crippen molar-refractivity contribution in [3.05, 3.63) is 52.7 Å². The molecule has 0 spiro atoms. The molecule has 4 nitrogen and oxygen atoms in total. The summed E-state index contributed by atoms with van der Waals surface area (Å²) in [5.74, 6) is 0.436. The maximum Gasteiger partial charge on any atom is 0.349 e. The van der Waals surface area contributed by atoms with Crippen LogP contribution in [0.2, 0.25) is 0 Å². The van der Waals surface area contributed by atoms with E-state index in [1.54, 1.807) is 18.3 Å². The molecule has 0 bridgehead atoms. The van der Waals surface area contributed by atoms with E-state index in [1.807, 2.05) is 39.8 Å². The van der Waals surface area contributed by atoms with Gasteiger partial charge in [-0.2, -0.15) is 0 Å². The first kappa shape index (κ1) is 15.0. The zero-order chi connectivity index (χ0) is 15.4. The van der Waals surface area contributed by atoms with E-state index in [2.05, 4.69) is 4.98 Å². The Morgan fingerprint density at radius 1 is 1.19 bits per heavy atom. The number of benzene rings is 1. The molecule has 0 unspecified atom stereocenters.